The molecule has 0 radical (unpaired) electrons. The summed E-state index contributed by atoms with van der Waals surface area (Å²) in [6.07, 6.45) is 1.26. The van der Waals surface area contributed by atoms with Crippen LogP contribution in [-0.2, 0) is 24.7 Å². The maximum Gasteiger partial charge on any atom is 0.250 e. The first-order valence-corrected chi connectivity index (χ1v) is 10.4. The second kappa shape index (κ2) is 7.38. The molecule has 2 unspecified atom stereocenters. The van der Waals surface area contributed by atoms with E-state index in [1.165, 1.54) is 4.90 Å². The number of ether oxygens (including phenoxy) is 1. The molecule has 2 saturated heterocycles. The zero-order chi connectivity index (χ0) is 20.9. The Morgan fingerprint density at radius 3 is 2.69 bits per heavy atom. The van der Waals surface area contributed by atoms with Crippen molar-refractivity contribution in [2.45, 2.75) is 38.3 Å². The summed E-state index contributed by atoms with van der Waals surface area (Å²) in [7, 11) is 1.59. The summed E-state index contributed by atoms with van der Waals surface area (Å²) in [6, 6.07) is 4.91. The molecule has 4 rings (SSSR count). The predicted molar refractivity (Wildman–Crippen MR) is 108 cm³/mol. The first kappa shape index (κ1) is 20.3. The minimum Gasteiger partial charge on any atom is -0.385 e. The standard InChI is InChI=1S/C21H26ClN3O4/c1-11(2)9-15-16-17(19(27)25(18(16)26)7-4-8-29-3)21(24-15)13-10-12(22)5-6-14(13)23-20(21)28/h5-6,10-11,15-17,24H,4,7-9H2,1-3H3,(H,23,28)/t15?,16-,17+,21?/m1/s1. The second-order valence-corrected chi connectivity index (χ2v) is 8.95. The van der Waals surface area contributed by atoms with Gasteiger partial charge in [-0.2, -0.15) is 0 Å². The van der Waals surface area contributed by atoms with Crippen molar-refractivity contribution in [1.29, 1.82) is 0 Å². The number of hydrogen-bond acceptors (Lipinski definition) is 5. The van der Waals surface area contributed by atoms with Crippen LogP contribution in [0.2, 0.25) is 5.02 Å². The first-order valence-electron chi connectivity index (χ1n) is 10.0. The molecule has 8 heteroatoms. The highest BCUT2D eigenvalue weighted by molar-refractivity contribution is 6.31. The second-order valence-electron chi connectivity index (χ2n) is 8.51. The van der Waals surface area contributed by atoms with Crippen molar-refractivity contribution < 1.29 is 19.1 Å². The van der Waals surface area contributed by atoms with E-state index in [2.05, 4.69) is 24.5 Å². The SMILES string of the molecule is COCCCN1C(=O)[C@@H]2C(CC(C)C)NC3(C(=O)Nc4ccc(Cl)cc43)[C@@H]2C1=O. The van der Waals surface area contributed by atoms with Crippen LogP contribution < -0.4 is 10.6 Å². The van der Waals surface area contributed by atoms with Gasteiger partial charge in [0.25, 0.3) is 0 Å². The first-order chi connectivity index (χ1) is 13.8. The van der Waals surface area contributed by atoms with Crippen LogP contribution in [0, 0.1) is 17.8 Å². The van der Waals surface area contributed by atoms with Crippen LogP contribution in [0.3, 0.4) is 0 Å². The van der Waals surface area contributed by atoms with Crippen molar-refractivity contribution in [3.8, 4) is 0 Å². The smallest absolute Gasteiger partial charge is 0.250 e. The summed E-state index contributed by atoms with van der Waals surface area (Å²) in [5.41, 5.74) is 0.0118. The Kier molecular flexibility index (Phi) is 5.17. The fourth-order valence-electron chi connectivity index (χ4n) is 5.13. The van der Waals surface area contributed by atoms with Crippen LogP contribution in [0.25, 0.3) is 0 Å². The number of nitrogens with one attached hydrogen (secondary N) is 2. The van der Waals surface area contributed by atoms with E-state index in [9.17, 15) is 14.4 Å². The number of anilines is 1. The lowest BCUT2D eigenvalue weighted by atomic mass is 9.76. The number of likely N-dealkylation sites (tertiary alicyclic amines) is 1. The molecule has 4 atom stereocenters. The number of carbonyl (C=O) groups is 3. The van der Waals surface area contributed by atoms with E-state index in [1.54, 1.807) is 25.3 Å². The molecule has 0 bridgehead atoms. The summed E-state index contributed by atoms with van der Waals surface area (Å²) in [4.78, 5) is 41.3. The summed E-state index contributed by atoms with van der Waals surface area (Å²) < 4.78 is 5.07. The highest BCUT2D eigenvalue weighted by Gasteiger charge is 2.70. The summed E-state index contributed by atoms with van der Waals surface area (Å²) >= 11 is 6.23. The van der Waals surface area contributed by atoms with Crippen LogP contribution in [-0.4, -0.2) is 48.9 Å². The number of nitrogens with zero attached hydrogens (tertiary/aromatic N) is 1. The van der Waals surface area contributed by atoms with Gasteiger partial charge in [0.05, 0.1) is 11.8 Å². The van der Waals surface area contributed by atoms with Gasteiger partial charge in [0.1, 0.15) is 5.54 Å². The number of fused-ring (bicyclic) bond motifs is 4. The zero-order valence-corrected chi connectivity index (χ0v) is 17.6. The van der Waals surface area contributed by atoms with E-state index in [0.29, 0.717) is 48.2 Å². The Morgan fingerprint density at radius 1 is 1.24 bits per heavy atom. The largest absolute Gasteiger partial charge is 0.385 e. The maximum atomic E-state index is 13.4. The topological polar surface area (TPSA) is 87.7 Å². The average Bonchev–Trinajstić information content (AvgIpc) is 3.22. The van der Waals surface area contributed by atoms with E-state index in [0.717, 1.165) is 0 Å². The molecule has 2 N–H and O–H groups in total. The number of halogens is 1. The van der Waals surface area contributed by atoms with Crippen LogP contribution in [0.4, 0.5) is 5.69 Å². The molecule has 1 aromatic carbocycles. The highest BCUT2D eigenvalue weighted by Crippen LogP contribution is 2.54. The molecule has 0 aliphatic carbocycles. The van der Waals surface area contributed by atoms with E-state index in [-0.39, 0.29) is 23.8 Å². The van der Waals surface area contributed by atoms with Gasteiger partial charge in [-0.1, -0.05) is 25.4 Å². The quantitative estimate of drug-likeness (QED) is 0.545. The minimum absolute atomic E-state index is 0.200. The number of amides is 3. The molecule has 3 aliphatic rings. The van der Waals surface area contributed by atoms with Gasteiger partial charge in [-0.25, -0.2) is 0 Å². The maximum absolute atomic E-state index is 13.4. The number of methoxy groups -OCH3 is 1. The molecule has 0 aromatic heterocycles. The van der Waals surface area contributed by atoms with Gasteiger partial charge in [0.2, 0.25) is 17.7 Å². The Hall–Kier alpha value is -1.96. The average molecular weight is 420 g/mol. The van der Waals surface area contributed by atoms with Crippen molar-refractivity contribution >= 4 is 35.0 Å². The molecule has 1 spiro atoms. The monoisotopic (exact) mass is 419 g/mol. The van der Waals surface area contributed by atoms with Gasteiger partial charge in [-0.05, 0) is 37.0 Å². The van der Waals surface area contributed by atoms with Gasteiger partial charge in [-0.3, -0.25) is 24.6 Å². The van der Waals surface area contributed by atoms with Gasteiger partial charge >= 0.3 is 0 Å². The van der Waals surface area contributed by atoms with Crippen molar-refractivity contribution in [3.63, 3.8) is 0 Å². The summed E-state index contributed by atoms with van der Waals surface area (Å²) in [6.45, 7) is 4.90. The Morgan fingerprint density at radius 2 is 2.00 bits per heavy atom. The lowest BCUT2D eigenvalue weighted by molar-refractivity contribution is -0.143. The lowest BCUT2D eigenvalue weighted by Gasteiger charge is -2.30. The number of imide groups is 1. The number of rotatable bonds is 6. The third-order valence-corrected chi connectivity index (χ3v) is 6.46. The third-order valence-electron chi connectivity index (χ3n) is 6.22. The molecule has 3 aliphatic heterocycles. The minimum atomic E-state index is -1.27. The van der Waals surface area contributed by atoms with Gasteiger partial charge in [-0.15, -0.1) is 0 Å². The van der Waals surface area contributed by atoms with E-state index < -0.39 is 17.4 Å². The molecule has 3 heterocycles. The highest BCUT2D eigenvalue weighted by atomic mass is 35.5. The fraction of sp³-hybridized carbons (Fsp3) is 0.571. The van der Waals surface area contributed by atoms with Gasteiger partial charge in [0, 0.05) is 42.6 Å². The molecule has 0 saturated carbocycles. The van der Waals surface area contributed by atoms with Gasteiger partial charge in [0.15, 0.2) is 0 Å². The third kappa shape index (κ3) is 2.98. The van der Waals surface area contributed by atoms with E-state index >= 15 is 0 Å². The van der Waals surface area contributed by atoms with Crippen molar-refractivity contribution in [3.05, 3.63) is 28.8 Å². The van der Waals surface area contributed by atoms with Crippen molar-refractivity contribution in [2.75, 3.05) is 25.6 Å². The van der Waals surface area contributed by atoms with Crippen LogP contribution in [0.5, 0.6) is 0 Å². The Labute approximate surface area is 175 Å². The van der Waals surface area contributed by atoms with Crippen LogP contribution >= 0.6 is 11.6 Å². The Bertz CT molecular complexity index is 873. The van der Waals surface area contributed by atoms with Crippen LogP contribution in [0.1, 0.15) is 32.3 Å². The predicted octanol–water partition coefficient (Wildman–Crippen LogP) is 2.14. The molecular formula is C21H26ClN3O4. The molecule has 2 fully saturated rings. The molecule has 29 heavy (non-hydrogen) atoms. The van der Waals surface area contributed by atoms with E-state index in [4.69, 9.17) is 16.3 Å². The molecule has 7 nitrogen and oxygen atoms in total. The van der Waals surface area contributed by atoms with Gasteiger partial charge < -0.3 is 10.1 Å². The molecule has 3 amide bonds. The van der Waals surface area contributed by atoms with E-state index in [1.807, 2.05) is 0 Å². The Balaban J connectivity index is 1.79. The van der Waals surface area contributed by atoms with Crippen molar-refractivity contribution in [2.24, 2.45) is 17.8 Å². The number of hydrogen-bond donors (Lipinski definition) is 2. The number of benzene rings is 1. The molecule has 156 valence electrons. The molecular weight excluding hydrogens is 394 g/mol. The molecule has 1 aromatic rings. The summed E-state index contributed by atoms with van der Waals surface area (Å²) in [5, 5.41) is 6.79. The normalized spacial score (nSPS) is 30.4. The summed E-state index contributed by atoms with van der Waals surface area (Å²) in [5.74, 6) is -1.83. The lowest BCUT2D eigenvalue weighted by Crippen LogP contribution is -2.53. The van der Waals surface area contributed by atoms with Crippen molar-refractivity contribution in [1.82, 2.24) is 10.2 Å². The number of carbonyl (C=O) groups excluding carboxylic acids is 3. The zero-order valence-electron chi connectivity index (χ0n) is 16.8. The van der Waals surface area contributed by atoms with Crippen LogP contribution in [0.15, 0.2) is 18.2 Å². The fourth-order valence-corrected chi connectivity index (χ4v) is 5.30.